The van der Waals surface area contributed by atoms with Crippen molar-refractivity contribution in [3.63, 3.8) is 0 Å². The van der Waals surface area contributed by atoms with E-state index in [2.05, 4.69) is 10.1 Å². The lowest BCUT2D eigenvalue weighted by Crippen LogP contribution is -2.30. The van der Waals surface area contributed by atoms with Gasteiger partial charge in [-0.2, -0.15) is 9.29 Å². The highest BCUT2D eigenvalue weighted by molar-refractivity contribution is 7.89. The Balaban J connectivity index is 1.82. The third kappa shape index (κ3) is 3.84. The van der Waals surface area contributed by atoms with E-state index in [0.29, 0.717) is 12.4 Å². The molecule has 0 amide bonds. The molecular formula is C19H21N3O3S. The Morgan fingerprint density at radius 3 is 2.12 bits per heavy atom. The zero-order chi connectivity index (χ0) is 18.7. The molecule has 0 aliphatic heterocycles. The molecule has 6 nitrogen and oxygen atoms in total. The number of rotatable bonds is 6. The summed E-state index contributed by atoms with van der Waals surface area (Å²) >= 11 is 0. The second-order valence-corrected chi connectivity index (χ2v) is 8.06. The summed E-state index contributed by atoms with van der Waals surface area (Å²) in [6, 6.07) is 14.5. The standard InChI is InChI=1S/C19H21N3O3S/c1-4-22(26(23,24)17-11-7-15(3)8-12-17)13-18-20-19(21-25-18)16-9-5-14(2)6-10-16/h5-12H,4,13H2,1-3H3. The zero-order valence-corrected chi connectivity index (χ0v) is 15.8. The SMILES string of the molecule is CCN(Cc1nc(-c2ccc(C)cc2)no1)S(=O)(=O)c1ccc(C)cc1. The molecule has 2 aromatic carbocycles. The zero-order valence-electron chi connectivity index (χ0n) is 15.0. The van der Waals surface area contributed by atoms with Gasteiger partial charge in [0, 0.05) is 12.1 Å². The molecule has 26 heavy (non-hydrogen) atoms. The molecule has 0 aliphatic rings. The van der Waals surface area contributed by atoms with E-state index >= 15 is 0 Å². The smallest absolute Gasteiger partial charge is 0.243 e. The first kappa shape index (κ1) is 18.3. The average molecular weight is 371 g/mol. The molecule has 0 saturated carbocycles. The maximum atomic E-state index is 12.8. The molecule has 1 heterocycles. The fourth-order valence-electron chi connectivity index (χ4n) is 2.52. The molecule has 0 unspecified atom stereocenters. The van der Waals surface area contributed by atoms with Gasteiger partial charge in [-0.15, -0.1) is 0 Å². The molecule has 136 valence electrons. The van der Waals surface area contributed by atoms with Crippen molar-refractivity contribution in [2.75, 3.05) is 6.54 Å². The number of nitrogens with zero attached hydrogens (tertiary/aromatic N) is 3. The monoisotopic (exact) mass is 371 g/mol. The average Bonchev–Trinajstić information content (AvgIpc) is 3.09. The molecule has 3 rings (SSSR count). The van der Waals surface area contributed by atoms with Crippen LogP contribution in [0.1, 0.15) is 23.9 Å². The molecule has 0 radical (unpaired) electrons. The summed E-state index contributed by atoms with van der Waals surface area (Å²) < 4.78 is 32.2. The minimum absolute atomic E-state index is 0.0333. The van der Waals surface area contributed by atoms with Crippen LogP contribution in [0.25, 0.3) is 11.4 Å². The number of aryl methyl sites for hydroxylation is 2. The molecule has 3 aromatic rings. The van der Waals surface area contributed by atoms with E-state index < -0.39 is 10.0 Å². The Morgan fingerprint density at radius 1 is 0.962 bits per heavy atom. The maximum absolute atomic E-state index is 12.8. The first-order valence-electron chi connectivity index (χ1n) is 8.36. The number of benzene rings is 2. The number of hydrogen-bond acceptors (Lipinski definition) is 5. The van der Waals surface area contributed by atoms with Gasteiger partial charge in [0.15, 0.2) is 0 Å². The molecule has 0 aliphatic carbocycles. The van der Waals surface area contributed by atoms with Gasteiger partial charge in [-0.25, -0.2) is 8.42 Å². The summed E-state index contributed by atoms with van der Waals surface area (Å²) in [5, 5.41) is 3.96. The second-order valence-electron chi connectivity index (χ2n) is 6.12. The van der Waals surface area contributed by atoms with Crippen molar-refractivity contribution in [1.29, 1.82) is 0 Å². The van der Waals surface area contributed by atoms with E-state index in [1.165, 1.54) is 4.31 Å². The van der Waals surface area contributed by atoms with Crippen molar-refractivity contribution in [2.24, 2.45) is 0 Å². The Kier molecular flexibility index (Phi) is 5.20. The van der Waals surface area contributed by atoms with Gasteiger partial charge < -0.3 is 4.52 Å². The topological polar surface area (TPSA) is 76.3 Å². The fraction of sp³-hybridized carbons (Fsp3) is 0.263. The van der Waals surface area contributed by atoms with Crippen molar-refractivity contribution in [1.82, 2.24) is 14.4 Å². The fourth-order valence-corrected chi connectivity index (χ4v) is 3.91. The van der Waals surface area contributed by atoms with Crippen LogP contribution in [-0.4, -0.2) is 29.4 Å². The van der Waals surface area contributed by atoms with Crippen LogP contribution >= 0.6 is 0 Å². The Hall–Kier alpha value is -2.51. The van der Waals surface area contributed by atoms with Crippen molar-refractivity contribution >= 4 is 10.0 Å². The summed E-state index contributed by atoms with van der Waals surface area (Å²) in [4.78, 5) is 4.59. The highest BCUT2D eigenvalue weighted by Crippen LogP contribution is 2.20. The molecule has 0 atom stereocenters. The van der Waals surface area contributed by atoms with E-state index in [-0.39, 0.29) is 17.3 Å². The Labute approximate surface area is 153 Å². The molecule has 0 N–H and O–H groups in total. The highest BCUT2D eigenvalue weighted by Gasteiger charge is 2.25. The van der Waals surface area contributed by atoms with Crippen LogP contribution in [0.15, 0.2) is 57.9 Å². The Bertz CT molecular complexity index is 978. The summed E-state index contributed by atoms with van der Waals surface area (Å²) in [5.74, 6) is 0.710. The number of sulfonamides is 1. The first-order valence-corrected chi connectivity index (χ1v) is 9.80. The molecule has 0 fully saturated rings. The van der Waals surface area contributed by atoms with Crippen molar-refractivity contribution in [3.05, 3.63) is 65.5 Å². The van der Waals surface area contributed by atoms with Gasteiger partial charge in [0.05, 0.1) is 11.4 Å². The van der Waals surface area contributed by atoms with Crippen molar-refractivity contribution in [2.45, 2.75) is 32.2 Å². The normalized spacial score (nSPS) is 11.8. The van der Waals surface area contributed by atoms with Crippen molar-refractivity contribution < 1.29 is 12.9 Å². The maximum Gasteiger partial charge on any atom is 0.243 e. The predicted octanol–water partition coefficient (Wildman–Crippen LogP) is 3.56. The van der Waals surface area contributed by atoms with Crippen LogP contribution in [0.2, 0.25) is 0 Å². The summed E-state index contributed by atoms with van der Waals surface area (Å²) in [6.45, 7) is 6.03. The number of aromatic nitrogens is 2. The van der Waals surface area contributed by atoms with E-state index in [9.17, 15) is 8.42 Å². The van der Waals surface area contributed by atoms with Crippen molar-refractivity contribution in [3.8, 4) is 11.4 Å². The lowest BCUT2D eigenvalue weighted by Gasteiger charge is -2.18. The molecule has 0 saturated heterocycles. The van der Waals surface area contributed by atoms with Crippen LogP contribution in [0.5, 0.6) is 0 Å². The van der Waals surface area contributed by atoms with E-state index in [0.717, 1.165) is 16.7 Å². The first-order chi connectivity index (χ1) is 12.4. The minimum atomic E-state index is -3.62. The van der Waals surface area contributed by atoms with E-state index in [1.807, 2.05) is 38.1 Å². The van der Waals surface area contributed by atoms with Crippen LogP contribution in [0.3, 0.4) is 0 Å². The Morgan fingerprint density at radius 2 is 1.54 bits per heavy atom. The summed E-state index contributed by atoms with van der Waals surface area (Å²) in [5.41, 5.74) is 2.97. The molecule has 0 bridgehead atoms. The van der Waals surface area contributed by atoms with Crippen LogP contribution in [0.4, 0.5) is 0 Å². The van der Waals surface area contributed by atoms with Gasteiger partial charge in [-0.3, -0.25) is 0 Å². The number of hydrogen-bond donors (Lipinski definition) is 0. The summed E-state index contributed by atoms with van der Waals surface area (Å²) in [7, 11) is -3.62. The molecule has 1 aromatic heterocycles. The molecular weight excluding hydrogens is 350 g/mol. The largest absolute Gasteiger partial charge is 0.338 e. The van der Waals surface area contributed by atoms with Gasteiger partial charge >= 0.3 is 0 Å². The molecule has 7 heteroatoms. The van der Waals surface area contributed by atoms with Crippen LogP contribution in [0, 0.1) is 13.8 Å². The van der Waals surface area contributed by atoms with E-state index in [1.54, 1.807) is 31.2 Å². The van der Waals surface area contributed by atoms with Crippen LogP contribution < -0.4 is 0 Å². The highest BCUT2D eigenvalue weighted by atomic mass is 32.2. The lowest BCUT2D eigenvalue weighted by atomic mass is 10.1. The van der Waals surface area contributed by atoms with Crippen LogP contribution in [-0.2, 0) is 16.6 Å². The van der Waals surface area contributed by atoms with E-state index in [4.69, 9.17) is 4.52 Å². The molecule has 0 spiro atoms. The predicted molar refractivity (Wildman–Crippen MR) is 98.9 cm³/mol. The lowest BCUT2D eigenvalue weighted by molar-refractivity contribution is 0.321. The second kappa shape index (κ2) is 7.39. The third-order valence-electron chi connectivity index (χ3n) is 4.10. The van der Waals surface area contributed by atoms with Gasteiger partial charge in [0.2, 0.25) is 21.7 Å². The quantitative estimate of drug-likeness (QED) is 0.662. The summed E-state index contributed by atoms with van der Waals surface area (Å²) in [6.07, 6.45) is 0. The van der Waals surface area contributed by atoms with Gasteiger partial charge in [-0.1, -0.05) is 59.6 Å². The third-order valence-corrected chi connectivity index (χ3v) is 6.04. The van der Waals surface area contributed by atoms with Gasteiger partial charge in [-0.05, 0) is 26.0 Å². The van der Waals surface area contributed by atoms with Gasteiger partial charge in [0.1, 0.15) is 0 Å². The van der Waals surface area contributed by atoms with Gasteiger partial charge in [0.25, 0.3) is 0 Å². The minimum Gasteiger partial charge on any atom is -0.338 e.